The Bertz CT molecular complexity index is 467. The number of rotatable bonds is 3. The standard InChI is InChI=1S/C12H17N5/c1-17(8-9-4-2-6-13-9)12-15-10-5-3-7-14-11(10)16-12/h3,5,7,9,13H,2,4,6,8H2,1H3,(H,14,15,16)/t9-/m0/s1. The van der Waals surface area contributed by atoms with Gasteiger partial charge in [0.25, 0.3) is 0 Å². The molecule has 1 aliphatic rings. The molecule has 5 nitrogen and oxygen atoms in total. The lowest BCUT2D eigenvalue weighted by Gasteiger charge is -2.20. The molecule has 17 heavy (non-hydrogen) atoms. The van der Waals surface area contributed by atoms with E-state index < -0.39 is 0 Å². The van der Waals surface area contributed by atoms with Gasteiger partial charge in [0.1, 0.15) is 0 Å². The molecule has 0 spiro atoms. The number of nitrogens with one attached hydrogen (secondary N) is 2. The second-order valence-corrected chi connectivity index (χ2v) is 4.61. The Morgan fingerprint density at radius 3 is 3.24 bits per heavy atom. The number of likely N-dealkylation sites (N-methyl/N-ethyl adjacent to an activating group) is 1. The fourth-order valence-corrected chi connectivity index (χ4v) is 2.34. The van der Waals surface area contributed by atoms with Crippen molar-refractivity contribution in [1.29, 1.82) is 0 Å². The van der Waals surface area contributed by atoms with Crippen LogP contribution in [0.1, 0.15) is 12.8 Å². The van der Waals surface area contributed by atoms with Crippen LogP contribution in [0.25, 0.3) is 11.2 Å². The molecule has 3 rings (SSSR count). The molecule has 1 aliphatic heterocycles. The number of aromatic amines is 1. The normalized spacial score (nSPS) is 19.9. The first-order valence-electron chi connectivity index (χ1n) is 6.08. The summed E-state index contributed by atoms with van der Waals surface area (Å²) >= 11 is 0. The Labute approximate surface area is 100 Å². The molecule has 2 aromatic rings. The zero-order valence-corrected chi connectivity index (χ0v) is 9.98. The Morgan fingerprint density at radius 1 is 1.53 bits per heavy atom. The van der Waals surface area contributed by atoms with Crippen LogP contribution in [0.2, 0.25) is 0 Å². The Kier molecular flexibility index (Phi) is 2.68. The van der Waals surface area contributed by atoms with Crippen LogP contribution < -0.4 is 10.2 Å². The third-order valence-electron chi connectivity index (χ3n) is 3.26. The summed E-state index contributed by atoms with van der Waals surface area (Å²) in [6.07, 6.45) is 4.30. The molecule has 0 saturated carbocycles. The smallest absolute Gasteiger partial charge is 0.205 e. The molecule has 1 atom stereocenters. The number of H-pyrrole nitrogens is 1. The maximum absolute atomic E-state index is 4.49. The summed E-state index contributed by atoms with van der Waals surface area (Å²) in [6.45, 7) is 2.13. The molecule has 1 fully saturated rings. The van der Waals surface area contributed by atoms with E-state index in [-0.39, 0.29) is 0 Å². The number of fused-ring (bicyclic) bond motifs is 1. The van der Waals surface area contributed by atoms with Crippen molar-refractivity contribution in [3.63, 3.8) is 0 Å². The molecule has 2 aromatic heterocycles. The first-order valence-corrected chi connectivity index (χ1v) is 6.08. The summed E-state index contributed by atoms with van der Waals surface area (Å²) < 4.78 is 0. The molecular weight excluding hydrogens is 214 g/mol. The number of imidazole rings is 1. The van der Waals surface area contributed by atoms with Crippen LogP contribution in [0.15, 0.2) is 18.3 Å². The molecule has 0 aromatic carbocycles. The van der Waals surface area contributed by atoms with Crippen molar-refractivity contribution >= 4 is 17.1 Å². The topological polar surface area (TPSA) is 56.8 Å². The number of aromatic nitrogens is 3. The fraction of sp³-hybridized carbons (Fsp3) is 0.500. The number of hydrogen-bond acceptors (Lipinski definition) is 4. The van der Waals surface area contributed by atoms with Crippen LogP contribution in [0, 0.1) is 0 Å². The average Bonchev–Trinajstić information content (AvgIpc) is 2.96. The molecule has 0 radical (unpaired) electrons. The third-order valence-corrected chi connectivity index (χ3v) is 3.26. The highest BCUT2D eigenvalue weighted by Crippen LogP contribution is 2.15. The maximum Gasteiger partial charge on any atom is 0.205 e. The molecule has 2 N–H and O–H groups in total. The van der Waals surface area contributed by atoms with Gasteiger partial charge in [-0.2, -0.15) is 4.98 Å². The van der Waals surface area contributed by atoms with E-state index in [4.69, 9.17) is 0 Å². The Balaban J connectivity index is 1.77. The maximum atomic E-state index is 4.49. The first kappa shape index (κ1) is 10.5. The molecule has 3 heterocycles. The van der Waals surface area contributed by atoms with Crippen molar-refractivity contribution in [2.45, 2.75) is 18.9 Å². The lowest BCUT2D eigenvalue weighted by atomic mass is 10.2. The zero-order chi connectivity index (χ0) is 11.7. The van der Waals surface area contributed by atoms with E-state index in [9.17, 15) is 0 Å². The second kappa shape index (κ2) is 4.33. The summed E-state index contributed by atoms with van der Waals surface area (Å²) in [7, 11) is 2.07. The predicted molar refractivity (Wildman–Crippen MR) is 68.2 cm³/mol. The van der Waals surface area contributed by atoms with Crippen molar-refractivity contribution in [2.24, 2.45) is 0 Å². The Hall–Kier alpha value is -1.62. The van der Waals surface area contributed by atoms with Gasteiger partial charge in [-0.25, -0.2) is 4.98 Å². The largest absolute Gasteiger partial charge is 0.344 e. The highest BCUT2D eigenvalue weighted by Gasteiger charge is 2.17. The molecule has 5 heteroatoms. The van der Waals surface area contributed by atoms with Gasteiger partial charge in [-0.1, -0.05) is 0 Å². The van der Waals surface area contributed by atoms with E-state index in [1.54, 1.807) is 6.20 Å². The summed E-state index contributed by atoms with van der Waals surface area (Å²) in [5.74, 6) is 0.896. The van der Waals surface area contributed by atoms with Crippen LogP contribution in [0.3, 0.4) is 0 Å². The van der Waals surface area contributed by atoms with Crippen LogP contribution >= 0.6 is 0 Å². The average molecular weight is 231 g/mol. The summed E-state index contributed by atoms with van der Waals surface area (Å²) in [5.41, 5.74) is 1.78. The lowest BCUT2D eigenvalue weighted by Crippen LogP contribution is -2.35. The monoisotopic (exact) mass is 231 g/mol. The summed E-state index contributed by atoms with van der Waals surface area (Å²) in [4.78, 5) is 14.2. The van der Waals surface area contributed by atoms with Crippen LogP contribution in [0.4, 0.5) is 5.95 Å². The summed E-state index contributed by atoms with van der Waals surface area (Å²) in [6, 6.07) is 4.50. The molecule has 0 amide bonds. The van der Waals surface area contributed by atoms with Crippen molar-refractivity contribution < 1.29 is 0 Å². The van der Waals surface area contributed by atoms with Crippen molar-refractivity contribution in [3.05, 3.63) is 18.3 Å². The highest BCUT2D eigenvalue weighted by molar-refractivity contribution is 5.73. The number of hydrogen-bond donors (Lipinski definition) is 2. The number of nitrogens with zero attached hydrogens (tertiary/aromatic N) is 3. The Morgan fingerprint density at radius 2 is 2.47 bits per heavy atom. The van der Waals surface area contributed by atoms with Gasteiger partial charge in [0.2, 0.25) is 5.95 Å². The third kappa shape index (κ3) is 2.10. The van der Waals surface area contributed by atoms with Crippen LogP contribution in [0.5, 0.6) is 0 Å². The molecule has 90 valence electrons. The van der Waals surface area contributed by atoms with Gasteiger partial charge in [0.15, 0.2) is 5.65 Å². The molecular formula is C12H17N5. The minimum atomic E-state index is 0.584. The van der Waals surface area contributed by atoms with Gasteiger partial charge in [-0.3, -0.25) is 0 Å². The van der Waals surface area contributed by atoms with Gasteiger partial charge in [-0.05, 0) is 31.5 Å². The fourth-order valence-electron chi connectivity index (χ4n) is 2.34. The van der Waals surface area contributed by atoms with Crippen molar-refractivity contribution in [1.82, 2.24) is 20.3 Å². The van der Waals surface area contributed by atoms with E-state index >= 15 is 0 Å². The molecule has 0 bridgehead atoms. The van der Waals surface area contributed by atoms with Gasteiger partial charge in [0, 0.05) is 25.8 Å². The highest BCUT2D eigenvalue weighted by atomic mass is 15.3. The molecule has 0 unspecified atom stereocenters. The predicted octanol–water partition coefficient (Wildman–Crippen LogP) is 1.15. The first-order chi connectivity index (χ1) is 8.33. The SMILES string of the molecule is CN(C[C@@H]1CCCN1)c1nc2ncccc2[nH]1. The molecule has 0 aliphatic carbocycles. The lowest BCUT2D eigenvalue weighted by molar-refractivity contribution is 0.595. The minimum Gasteiger partial charge on any atom is -0.344 e. The quantitative estimate of drug-likeness (QED) is 0.832. The van der Waals surface area contributed by atoms with E-state index in [2.05, 4.69) is 32.2 Å². The zero-order valence-electron chi connectivity index (χ0n) is 9.98. The molecule has 1 saturated heterocycles. The number of pyridine rings is 1. The van der Waals surface area contributed by atoms with Crippen LogP contribution in [-0.2, 0) is 0 Å². The van der Waals surface area contributed by atoms with Gasteiger partial charge in [-0.15, -0.1) is 0 Å². The number of anilines is 1. The van der Waals surface area contributed by atoms with Crippen molar-refractivity contribution in [3.8, 4) is 0 Å². The van der Waals surface area contributed by atoms with E-state index in [0.717, 1.165) is 30.2 Å². The van der Waals surface area contributed by atoms with Crippen LogP contribution in [-0.4, -0.2) is 41.1 Å². The van der Waals surface area contributed by atoms with E-state index in [0.29, 0.717) is 6.04 Å². The summed E-state index contributed by atoms with van der Waals surface area (Å²) in [5, 5.41) is 3.49. The van der Waals surface area contributed by atoms with Gasteiger partial charge in [0.05, 0.1) is 5.52 Å². The van der Waals surface area contributed by atoms with Gasteiger partial charge >= 0.3 is 0 Å². The van der Waals surface area contributed by atoms with Crippen molar-refractivity contribution in [2.75, 3.05) is 25.0 Å². The second-order valence-electron chi connectivity index (χ2n) is 4.61. The van der Waals surface area contributed by atoms with E-state index in [1.165, 1.54) is 12.8 Å². The minimum absolute atomic E-state index is 0.584. The van der Waals surface area contributed by atoms with Gasteiger partial charge < -0.3 is 15.2 Å². The van der Waals surface area contributed by atoms with E-state index in [1.807, 2.05) is 12.1 Å².